The standard InChI is InChI=1S/C13H20N2O/c1-4-15-10(9-14-2)8-11-12(15)6-5-7-13(11)16-3/h5-7,10,14H,4,8-9H2,1-3H3. The Morgan fingerprint density at radius 1 is 1.50 bits per heavy atom. The molecule has 0 amide bonds. The van der Waals surface area contributed by atoms with Gasteiger partial charge in [-0.25, -0.2) is 0 Å². The molecule has 1 heterocycles. The summed E-state index contributed by atoms with van der Waals surface area (Å²) in [5, 5.41) is 3.26. The maximum Gasteiger partial charge on any atom is 0.124 e. The molecule has 2 rings (SSSR count). The van der Waals surface area contributed by atoms with E-state index >= 15 is 0 Å². The quantitative estimate of drug-likeness (QED) is 0.835. The summed E-state index contributed by atoms with van der Waals surface area (Å²) in [7, 11) is 3.76. The normalized spacial score (nSPS) is 18.7. The Kier molecular flexibility index (Phi) is 3.34. The fourth-order valence-electron chi connectivity index (χ4n) is 2.61. The van der Waals surface area contributed by atoms with Crippen LogP contribution in [0.5, 0.6) is 5.75 Å². The molecule has 0 bridgehead atoms. The van der Waals surface area contributed by atoms with Crippen molar-refractivity contribution in [3.63, 3.8) is 0 Å². The molecule has 1 atom stereocenters. The molecule has 3 nitrogen and oxygen atoms in total. The van der Waals surface area contributed by atoms with E-state index in [2.05, 4.69) is 35.3 Å². The van der Waals surface area contributed by atoms with Gasteiger partial charge in [-0.15, -0.1) is 0 Å². The van der Waals surface area contributed by atoms with E-state index in [1.807, 2.05) is 7.05 Å². The van der Waals surface area contributed by atoms with Crippen molar-refractivity contribution >= 4 is 5.69 Å². The SMILES string of the molecule is CCN1c2cccc(OC)c2CC1CNC. The van der Waals surface area contributed by atoms with Crippen LogP contribution in [0.2, 0.25) is 0 Å². The van der Waals surface area contributed by atoms with Crippen LogP contribution in [0, 0.1) is 0 Å². The molecular formula is C13H20N2O. The molecule has 0 aliphatic carbocycles. The number of fused-ring (bicyclic) bond motifs is 1. The summed E-state index contributed by atoms with van der Waals surface area (Å²) in [5.41, 5.74) is 2.69. The lowest BCUT2D eigenvalue weighted by molar-refractivity contribution is 0.410. The highest BCUT2D eigenvalue weighted by Crippen LogP contribution is 2.37. The molecule has 16 heavy (non-hydrogen) atoms. The first-order chi connectivity index (χ1) is 7.81. The van der Waals surface area contributed by atoms with Gasteiger partial charge >= 0.3 is 0 Å². The lowest BCUT2D eigenvalue weighted by Gasteiger charge is -2.25. The highest BCUT2D eigenvalue weighted by Gasteiger charge is 2.29. The van der Waals surface area contributed by atoms with Crippen molar-refractivity contribution in [2.75, 3.05) is 32.1 Å². The van der Waals surface area contributed by atoms with Crippen LogP contribution in [-0.4, -0.2) is 33.3 Å². The fraction of sp³-hybridized carbons (Fsp3) is 0.538. The van der Waals surface area contributed by atoms with E-state index in [0.29, 0.717) is 6.04 Å². The molecule has 1 aromatic carbocycles. The van der Waals surface area contributed by atoms with E-state index in [1.54, 1.807) is 7.11 Å². The maximum absolute atomic E-state index is 5.43. The van der Waals surface area contributed by atoms with Crippen LogP contribution in [-0.2, 0) is 6.42 Å². The minimum atomic E-state index is 0.557. The third-order valence-corrected chi connectivity index (χ3v) is 3.30. The van der Waals surface area contributed by atoms with E-state index in [1.165, 1.54) is 11.3 Å². The Bertz CT molecular complexity index is 365. The molecule has 0 saturated carbocycles. The van der Waals surface area contributed by atoms with Crippen molar-refractivity contribution in [2.24, 2.45) is 0 Å². The van der Waals surface area contributed by atoms with Crippen LogP contribution in [0.4, 0.5) is 5.69 Å². The third-order valence-electron chi connectivity index (χ3n) is 3.30. The van der Waals surface area contributed by atoms with Crippen molar-refractivity contribution in [1.82, 2.24) is 5.32 Å². The van der Waals surface area contributed by atoms with Gasteiger partial charge < -0.3 is 15.0 Å². The number of benzene rings is 1. The Morgan fingerprint density at radius 3 is 2.94 bits per heavy atom. The number of nitrogens with one attached hydrogen (secondary N) is 1. The van der Waals surface area contributed by atoms with Crippen molar-refractivity contribution in [3.8, 4) is 5.75 Å². The van der Waals surface area contributed by atoms with Gasteiger partial charge in [0.1, 0.15) is 5.75 Å². The van der Waals surface area contributed by atoms with Gasteiger partial charge in [-0.1, -0.05) is 6.07 Å². The predicted octanol–water partition coefficient (Wildman–Crippen LogP) is 1.67. The Morgan fingerprint density at radius 2 is 2.31 bits per heavy atom. The van der Waals surface area contributed by atoms with Crippen molar-refractivity contribution in [2.45, 2.75) is 19.4 Å². The maximum atomic E-state index is 5.43. The molecule has 1 N–H and O–H groups in total. The van der Waals surface area contributed by atoms with Gasteiger partial charge in [-0.3, -0.25) is 0 Å². The number of methoxy groups -OCH3 is 1. The predicted molar refractivity (Wildman–Crippen MR) is 67.4 cm³/mol. The van der Waals surface area contributed by atoms with E-state index in [0.717, 1.165) is 25.3 Å². The number of anilines is 1. The minimum Gasteiger partial charge on any atom is -0.496 e. The molecule has 1 aliphatic rings. The van der Waals surface area contributed by atoms with Crippen LogP contribution in [0.15, 0.2) is 18.2 Å². The van der Waals surface area contributed by atoms with Crippen molar-refractivity contribution < 1.29 is 4.74 Å². The van der Waals surface area contributed by atoms with E-state index in [4.69, 9.17) is 4.74 Å². The van der Waals surface area contributed by atoms with Crippen LogP contribution >= 0.6 is 0 Å². The average molecular weight is 220 g/mol. The largest absolute Gasteiger partial charge is 0.496 e. The minimum absolute atomic E-state index is 0.557. The first-order valence-corrected chi connectivity index (χ1v) is 5.89. The van der Waals surface area contributed by atoms with E-state index < -0.39 is 0 Å². The molecule has 0 fully saturated rings. The number of likely N-dealkylation sites (N-methyl/N-ethyl adjacent to an activating group) is 2. The van der Waals surface area contributed by atoms with Crippen molar-refractivity contribution in [1.29, 1.82) is 0 Å². The second-order valence-electron chi connectivity index (χ2n) is 4.16. The number of rotatable bonds is 4. The Balaban J connectivity index is 2.33. The smallest absolute Gasteiger partial charge is 0.124 e. The summed E-state index contributed by atoms with van der Waals surface area (Å²) in [6, 6.07) is 6.87. The third kappa shape index (κ3) is 1.76. The van der Waals surface area contributed by atoms with Crippen molar-refractivity contribution in [3.05, 3.63) is 23.8 Å². The lowest BCUT2D eigenvalue weighted by atomic mass is 10.1. The Labute approximate surface area is 97.4 Å². The molecule has 0 radical (unpaired) electrons. The van der Waals surface area contributed by atoms with Gasteiger partial charge in [-0.2, -0.15) is 0 Å². The highest BCUT2D eigenvalue weighted by molar-refractivity contribution is 5.64. The zero-order valence-corrected chi connectivity index (χ0v) is 10.3. The topological polar surface area (TPSA) is 24.5 Å². The monoisotopic (exact) mass is 220 g/mol. The van der Waals surface area contributed by atoms with Gasteiger partial charge in [0.25, 0.3) is 0 Å². The van der Waals surface area contributed by atoms with E-state index in [9.17, 15) is 0 Å². The zero-order chi connectivity index (χ0) is 11.5. The number of hydrogen-bond donors (Lipinski definition) is 1. The average Bonchev–Trinajstić information content (AvgIpc) is 2.66. The van der Waals surface area contributed by atoms with Crippen LogP contribution in [0.1, 0.15) is 12.5 Å². The number of hydrogen-bond acceptors (Lipinski definition) is 3. The van der Waals surface area contributed by atoms with Gasteiger partial charge in [0.05, 0.1) is 7.11 Å². The second kappa shape index (κ2) is 4.74. The Hall–Kier alpha value is -1.22. The van der Waals surface area contributed by atoms with Crippen LogP contribution < -0.4 is 15.0 Å². The summed E-state index contributed by atoms with van der Waals surface area (Å²) in [5.74, 6) is 1.02. The second-order valence-corrected chi connectivity index (χ2v) is 4.16. The molecule has 0 aromatic heterocycles. The van der Waals surface area contributed by atoms with Crippen LogP contribution in [0.3, 0.4) is 0 Å². The van der Waals surface area contributed by atoms with Gasteiger partial charge in [0.2, 0.25) is 0 Å². The lowest BCUT2D eigenvalue weighted by Crippen LogP contribution is -2.38. The van der Waals surface area contributed by atoms with Crippen LogP contribution in [0.25, 0.3) is 0 Å². The summed E-state index contributed by atoms with van der Waals surface area (Å²) in [4.78, 5) is 2.45. The molecule has 0 saturated heterocycles. The molecule has 88 valence electrons. The number of nitrogens with zero attached hydrogens (tertiary/aromatic N) is 1. The van der Waals surface area contributed by atoms with Gasteiger partial charge in [0.15, 0.2) is 0 Å². The first kappa shape index (κ1) is 11.3. The molecular weight excluding hydrogens is 200 g/mol. The zero-order valence-electron chi connectivity index (χ0n) is 10.3. The molecule has 1 unspecified atom stereocenters. The summed E-state index contributed by atoms with van der Waals surface area (Å²) in [6.45, 7) is 4.27. The first-order valence-electron chi connectivity index (χ1n) is 5.89. The molecule has 3 heteroatoms. The number of ether oxygens (including phenoxy) is 1. The summed E-state index contributed by atoms with van der Waals surface area (Å²) < 4.78 is 5.43. The van der Waals surface area contributed by atoms with Gasteiger partial charge in [-0.05, 0) is 32.5 Å². The van der Waals surface area contributed by atoms with E-state index in [-0.39, 0.29) is 0 Å². The summed E-state index contributed by atoms with van der Waals surface area (Å²) in [6.07, 6.45) is 1.08. The molecule has 1 aromatic rings. The summed E-state index contributed by atoms with van der Waals surface area (Å²) >= 11 is 0. The molecule has 0 spiro atoms. The molecule has 1 aliphatic heterocycles. The highest BCUT2D eigenvalue weighted by atomic mass is 16.5. The fourth-order valence-corrected chi connectivity index (χ4v) is 2.61. The van der Waals surface area contributed by atoms with Gasteiger partial charge in [0, 0.05) is 30.4 Å².